The monoisotopic (exact) mass is 332 g/mol. The Morgan fingerprint density at radius 1 is 1.20 bits per heavy atom. The third kappa shape index (κ3) is 2.98. The third-order valence-electron chi connectivity index (χ3n) is 2.46. The number of halogens is 2. The van der Waals surface area contributed by atoms with E-state index in [1.54, 1.807) is 0 Å². The van der Waals surface area contributed by atoms with Crippen LogP contribution in [0.15, 0.2) is 36.7 Å². The first-order valence-electron chi connectivity index (χ1n) is 5.39. The molecule has 0 saturated heterocycles. The van der Waals surface area contributed by atoms with Crippen molar-refractivity contribution in [2.24, 2.45) is 0 Å². The van der Waals surface area contributed by atoms with Crippen molar-refractivity contribution < 1.29 is 13.5 Å². The average molecular weight is 333 g/mol. The quantitative estimate of drug-likeness (QED) is 0.936. The number of anilines is 2. The normalized spacial score (nSPS) is 11.3. The van der Waals surface area contributed by atoms with E-state index in [1.165, 1.54) is 36.7 Å². The van der Waals surface area contributed by atoms with E-state index in [0.29, 0.717) is 5.02 Å². The van der Waals surface area contributed by atoms with E-state index in [2.05, 4.69) is 4.98 Å². The Morgan fingerprint density at radius 3 is 2.45 bits per heavy atom. The second-order valence-corrected chi connectivity index (χ2v) is 6.66. The largest absolute Gasteiger partial charge is 0.506 e. The second kappa shape index (κ2) is 5.47. The number of hydrogen-bond acceptors (Lipinski definition) is 4. The number of hydrogen-bond donors (Lipinski definition) is 1. The van der Waals surface area contributed by atoms with Gasteiger partial charge in [0.15, 0.2) is 0 Å². The molecule has 1 aromatic heterocycles. The van der Waals surface area contributed by atoms with Gasteiger partial charge < -0.3 is 5.11 Å². The minimum atomic E-state index is -3.72. The van der Waals surface area contributed by atoms with Gasteiger partial charge in [-0.3, -0.25) is 4.98 Å². The molecule has 20 heavy (non-hydrogen) atoms. The van der Waals surface area contributed by atoms with Crippen LogP contribution in [0.25, 0.3) is 0 Å². The van der Waals surface area contributed by atoms with Crippen LogP contribution in [0.3, 0.4) is 0 Å². The maximum atomic E-state index is 12.0. The maximum absolute atomic E-state index is 12.0. The first kappa shape index (κ1) is 14.9. The molecule has 5 nitrogen and oxygen atoms in total. The molecule has 0 aliphatic rings. The molecule has 0 amide bonds. The summed E-state index contributed by atoms with van der Waals surface area (Å²) in [5, 5.41) is 10.4. The molecule has 106 valence electrons. The molecule has 0 atom stereocenters. The molecular weight excluding hydrogens is 323 g/mol. The molecule has 2 rings (SSSR count). The number of nitrogens with zero attached hydrogens (tertiary/aromatic N) is 2. The zero-order chi connectivity index (χ0) is 14.9. The van der Waals surface area contributed by atoms with Crippen molar-refractivity contribution in [3.05, 3.63) is 46.7 Å². The molecule has 0 aliphatic carbocycles. The number of aromatic hydroxyl groups is 1. The van der Waals surface area contributed by atoms with E-state index in [0.717, 1.165) is 10.6 Å². The minimum absolute atomic E-state index is 0.0132. The summed E-state index contributed by atoms with van der Waals surface area (Å²) in [5.41, 5.74) is 0.195. The Balaban J connectivity index is 2.70. The predicted octanol–water partition coefficient (Wildman–Crippen LogP) is 3.19. The molecule has 1 aromatic carbocycles. The van der Waals surface area contributed by atoms with Crippen molar-refractivity contribution in [1.29, 1.82) is 0 Å². The SMILES string of the molecule is CS(=O)(=O)N(c1cnccc1O)c1ccc(Cl)cc1Cl. The zero-order valence-corrected chi connectivity index (χ0v) is 12.6. The van der Waals surface area contributed by atoms with Gasteiger partial charge in [-0.15, -0.1) is 0 Å². The highest BCUT2D eigenvalue weighted by molar-refractivity contribution is 7.92. The highest BCUT2D eigenvalue weighted by Crippen LogP contribution is 2.38. The van der Waals surface area contributed by atoms with Gasteiger partial charge in [-0.2, -0.15) is 0 Å². The Morgan fingerprint density at radius 2 is 1.90 bits per heavy atom. The topological polar surface area (TPSA) is 70.5 Å². The van der Waals surface area contributed by atoms with Gasteiger partial charge in [0.05, 0.1) is 23.2 Å². The average Bonchev–Trinajstić information content (AvgIpc) is 2.33. The Kier molecular flexibility index (Phi) is 4.08. The Labute approximate surface area is 126 Å². The number of sulfonamides is 1. The van der Waals surface area contributed by atoms with Gasteiger partial charge in [0.25, 0.3) is 0 Å². The fourth-order valence-corrected chi connectivity index (χ4v) is 3.23. The van der Waals surface area contributed by atoms with Crippen LogP contribution in [0.5, 0.6) is 5.75 Å². The molecule has 0 saturated carbocycles. The molecule has 1 N–H and O–H groups in total. The fourth-order valence-electron chi connectivity index (χ4n) is 1.67. The van der Waals surface area contributed by atoms with Crippen LogP contribution >= 0.6 is 23.2 Å². The molecule has 0 aliphatic heterocycles. The summed E-state index contributed by atoms with van der Waals surface area (Å²) >= 11 is 11.8. The highest BCUT2D eigenvalue weighted by atomic mass is 35.5. The molecule has 0 radical (unpaired) electrons. The number of pyridine rings is 1. The maximum Gasteiger partial charge on any atom is 0.236 e. The summed E-state index contributed by atoms with van der Waals surface area (Å²) in [6.07, 6.45) is 3.59. The smallest absolute Gasteiger partial charge is 0.236 e. The summed E-state index contributed by atoms with van der Waals surface area (Å²) in [7, 11) is -3.72. The molecule has 0 unspecified atom stereocenters. The lowest BCUT2D eigenvalue weighted by molar-refractivity contribution is 0.475. The Hall–Kier alpha value is -1.50. The van der Waals surface area contributed by atoms with Gasteiger partial charge in [-0.25, -0.2) is 12.7 Å². The summed E-state index contributed by atoms with van der Waals surface area (Å²) in [5.74, 6) is -0.226. The molecule has 0 spiro atoms. The van der Waals surface area contributed by atoms with Gasteiger partial charge in [-0.1, -0.05) is 23.2 Å². The van der Waals surface area contributed by atoms with Crippen LogP contribution in [0.2, 0.25) is 10.0 Å². The van der Waals surface area contributed by atoms with E-state index < -0.39 is 10.0 Å². The van der Waals surface area contributed by atoms with Gasteiger partial charge in [0.2, 0.25) is 10.0 Å². The summed E-state index contributed by atoms with van der Waals surface area (Å²) in [6, 6.07) is 5.67. The van der Waals surface area contributed by atoms with E-state index in [4.69, 9.17) is 23.2 Å². The van der Waals surface area contributed by atoms with E-state index in [9.17, 15) is 13.5 Å². The summed E-state index contributed by atoms with van der Waals surface area (Å²) < 4.78 is 24.9. The lowest BCUT2D eigenvalue weighted by Crippen LogP contribution is -2.25. The van der Waals surface area contributed by atoms with Crippen molar-refractivity contribution in [3.63, 3.8) is 0 Å². The van der Waals surface area contributed by atoms with E-state index in [1.807, 2.05) is 0 Å². The lowest BCUT2D eigenvalue weighted by Gasteiger charge is -2.23. The van der Waals surface area contributed by atoms with Crippen molar-refractivity contribution >= 4 is 44.6 Å². The van der Waals surface area contributed by atoms with Gasteiger partial charge >= 0.3 is 0 Å². The van der Waals surface area contributed by atoms with Crippen LogP contribution in [0.4, 0.5) is 11.4 Å². The zero-order valence-electron chi connectivity index (χ0n) is 10.3. The molecule has 0 fully saturated rings. The van der Waals surface area contributed by atoms with Crippen LogP contribution in [-0.4, -0.2) is 24.8 Å². The third-order valence-corrected chi connectivity index (χ3v) is 4.05. The van der Waals surface area contributed by atoms with Crippen LogP contribution < -0.4 is 4.31 Å². The standard InChI is InChI=1S/C12H10Cl2N2O3S/c1-20(18,19)16(11-7-15-5-4-12(11)17)10-3-2-8(13)6-9(10)14/h2-7H,1H3,(H,15,17). The number of benzene rings is 1. The number of rotatable bonds is 3. The van der Waals surface area contributed by atoms with Crippen LogP contribution in [0.1, 0.15) is 0 Å². The summed E-state index contributed by atoms with van der Waals surface area (Å²) in [6.45, 7) is 0. The van der Waals surface area contributed by atoms with Crippen molar-refractivity contribution in [2.75, 3.05) is 10.6 Å². The van der Waals surface area contributed by atoms with Gasteiger partial charge in [0, 0.05) is 17.3 Å². The van der Waals surface area contributed by atoms with Crippen molar-refractivity contribution in [3.8, 4) is 5.75 Å². The molecule has 8 heteroatoms. The first-order valence-corrected chi connectivity index (χ1v) is 7.99. The van der Waals surface area contributed by atoms with E-state index in [-0.39, 0.29) is 22.1 Å². The van der Waals surface area contributed by atoms with Crippen LogP contribution in [0, 0.1) is 0 Å². The fraction of sp³-hybridized carbons (Fsp3) is 0.0833. The van der Waals surface area contributed by atoms with Gasteiger partial charge in [0.1, 0.15) is 11.4 Å². The Bertz CT molecular complexity index is 750. The second-order valence-electron chi connectivity index (χ2n) is 3.99. The van der Waals surface area contributed by atoms with Crippen LogP contribution in [-0.2, 0) is 10.0 Å². The van der Waals surface area contributed by atoms with Crippen molar-refractivity contribution in [1.82, 2.24) is 4.98 Å². The molecular formula is C12H10Cl2N2O3S. The molecule has 1 heterocycles. The van der Waals surface area contributed by atoms with E-state index >= 15 is 0 Å². The molecule has 2 aromatic rings. The summed E-state index contributed by atoms with van der Waals surface area (Å²) in [4.78, 5) is 3.82. The lowest BCUT2D eigenvalue weighted by atomic mass is 10.3. The minimum Gasteiger partial charge on any atom is -0.506 e. The number of aromatic nitrogens is 1. The highest BCUT2D eigenvalue weighted by Gasteiger charge is 2.25. The first-order chi connectivity index (χ1) is 9.30. The predicted molar refractivity (Wildman–Crippen MR) is 79.3 cm³/mol. The van der Waals surface area contributed by atoms with Crippen molar-refractivity contribution in [2.45, 2.75) is 0 Å². The van der Waals surface area contributed by atoms with Gasteiger partial charge in [-0.05, 0) is 18.2 Å². The molecule has 0 bridgehead atoms.